The molecule has 1 aliphatic rings. The molecule has 7 heteroatoms. The van der Waals surface area contributed by atoms with E-state index in [1.807, 2.05) is 6.92 Å². The molecule has 2 heterocycles. The van der Waals surface area contributed by atoms with Gasteiger partial charge in [-0.1, -0.05) is 6.92 Å². The van der Waals surface area contributed by atoms with Gasteiger partial charge in [0.2, 0.25) is 5.91 Å². The first-order chi connectivity index (χ1) is 9.63. The number of carbonyl (C=O) groups excluding carboxylic acids is 2. The Morgan fingerprint density at radius 2 is 2.30 bits per heavy atom. The van der Waals surface area contributed by atoms with Crippen LogP contribution >= 0.6 is 15.9 Å². The summed E-state index contributed by atoms with van der Waals surface area (Å²) in [6.07, 6.45) is 0.846. The molecule has 6 nitrogen and oxygen atoms in total. The third-order valence-corrected chi connectivity index (χ3v) is 3.45. The minimum absolute atomic E-state index is 0.189. The second-order valence-electron chi connectivity index (χ2n) is 4.48. The van der Waals surface area contributed by atoms with Crippen molar-refractivity contribution >= 4 is 27.7 Å². The molecule has 0 bridgehead atoms. The number of hydrogen-bond donors (Lipinski definition) is 1. The van der Waals surface area contributed by atoms with E-state index in [4.69, 9.17) is 9.15 Å². The van der Waals surface area contributed by atoms with Crippen molar-refractivity contribution in [3.63, 3.8) is 0 Å². The fourth-order valence-corrected chi connectivity index (χ4v) is 2.31. The van der Waals surface area contributed by atoms with E-state index < -0.39 is 6.04 Å². The number of ether oxygens (including phenoxy) is 1. The van der Waals surface area contributed by atoms with Gasteiger partial charge in [0.1, 0.15) is 6.04 Å². The third kappa shape index (κ3) is 3.40. The zero-order valence-electron chi connectivity index (χ0n) is 11.2. The predicted octanol–water partition coefficient (Wildman–Crippen LogP) is 1.41. The van der Waals surface area contributed by atoms with Gasteiger partial charge in [0.05, 0.1) is 13.2 Å². The summed E-state index contributed by atoms with van der Waals surface area (Å²) in [6, 6.07) is 2.63. The largest absolute Gasteiger partial charge is 0.444 e. The molecule has 0 aliphatic carbocycles. The maximum atomic E-state index is 12.4. The number of amides is 2. The molecule has 0 saturated carbocycles. The average molecular weight is 345 g/mol. The van der Waals surface area contributed by atoms with Crippen LogP contribution in [-0.4, -0.2) is 49.1 Å². The molecular formula is C13H17BrN2O4. The highest BCUT2D eigenvalue weighted by Crippen LogP contribution is 2.18. The van der Waals surface area contributed by atoms with Crippen molar-refractivity contribution in [1.82, 2.24) is 10.2 Å². The van der Waals surface area contributed by atoms with Gasteiger partial charge in [-0.3, -0.25) is 9.59 Å². The van der Waals surface area contributed by atoms with Crippen LogP contribution in [0, 0.1) is 0 Å². The Morgan fingerprint density at radius 3 is 2.95 bits per heavy atom. The van der Waals surface area contributed by atoms with Crippen molar-refractivity contribution in [1.29, 1.82) is 0 Å². The molecule has 20 heavy (non-hydrogen) atoms. The second-order valence-corrected chi connectivity index (χ2v) is 5.27. The highest BCUT2D eigenvalue weighted by atomic mass is 79.9. The summed E-state index contributed by atoms with van der Waals surface area (Å²) in [5, 5.41) is 2.79. The first-order valence-corrected chi connectivity index (χ1v) is 7.34. The number of rotatable bonds is 4. The number of halogens is 1. The molecule has 2 rings (SSSR count). The Labute approximate surface area is 125 Å². The lowest BCUT2D eigenvalue weighted by Crippen LogP contribution is -2.55. The van der Waals surface area contributed by atoms with Gasteiger partial charge < -0.3 is 19.4 Å². The van der Waals surface area contributed by atoms with E-state index in [-0.39, 0.29) is 24.2 Å². The first kappa shape index (κ1) is 15.1. The smallest absolute Gasteiger partial charge is 0.290 e. The number of hydrogen-bond acceptors (Lipinski definition) is 4. The van der Waals surface area contributed by atoms with Gasteiger partial charge in [0.15, 0.2) is 10.4 Å². The number of morpholine rings is 1. The molecule has 1 atom stereocenters. The summed E-state index contributed by atoms with van der Waals surface area (Å²) in [7, 11) is 0. The number of furan rings is 1. The molecular weight excluding hydrogens is 328 g/mol. The fraction of sp³-hybridized carbons (Fsp3) is 0.538. The SMILES string of the molecule is CCCNC(=O)C1COCCN1C(=O)c1ccc(Br)o1. The van der Waals surface area contributed by atoms with Crippen molar-refractivity contribution in [2.75, 3.05) is 26.3 Å². The zero-order chi connectivity index (χ0) is 14.5. The number of nitrogens with one attached hydrogen (secondary N) is 1. The highest BCUT2D eigenvalue weighted by molar-refractivity contribution is 9.10. The quantitative estimate of drug-likeness (QED) is 0.896. The second kappa shape index (κ2) is 6.90. The molecule has 1 N–H and O–H groups in total. The summed E-state index contributed by atoms with van der Waals surface area (Å²) in [5.41, 5.74) is 0. The van der Waals surface area contributed by atoms with Crippen LogP contribution in [0.4, 0.5) is 0 Å². The van der Waals surface area contributed by atoms with Crippen LogP contribution in [-0.2, 0) is 9.53 Å². The van der Waals surface area contributed by atoms with Gasteiger partial charge in [-0.15, -0.1) is 0 Å². The van der Waals surface area contributed by atoms with Crippen molar-refractivity contribution in [2.45, 2.75) is 19.4 Å². The minimum atomic E-state index is -0.605. The molecule has 1 saturated heterocycles. The molecule has 1 aromatic heterocycles. The van der Waals surface area contributed by atoms with Crippen molar-refractivity contribution in [2.24, 2.45) is 0 Å². The van der Waals surface area contributed by atoms with Crippen LogP contribution in [0.3, 0.4) is 0 Å². The van der Waals surface area contributed by atoms with Crippen LogP contribution in [0.15, 0.2) is 21.2 Å². The third-order valence-electron chi connectivity index (χ3n) is 3.03. The van der Waals surface area contributed by atoms with E-state index in [1.54, 1.807) is 12.1 Å². The number of carbonyl (C=O) groups is 2. The topological polar surface area (TPSA) is 71.8 Å². The van der Waals surface area contributed by atoms with E-state index in [9.17, 15) is 9.59 Å². The normalized spacial score (nSPS) is 18.9. The first-order valence-electron chi connectivity index (χ1n) is 6.55. The van der Waals surface area contributed by atoms with E-state index in [0.717, 1.165) is 6.42 Å². The van der Waals surface area contributed by atoms with Crippen LogP contribution in [0.5, 0.6) is 0 Å². The van der Waals surface area contributed by atoms with Gasteiger partial charge in [-0.25, -0.2) is 0 Å². The zero-order valence-corrected chi connectivity index (χ0v) is 12.8. The molecule has 0 spiro atoms. The van der Waals surface area contributed by atoms with Gasteiger partial charge in [0.25, 0.3) is 5.91 Å². The summed E-state index contributed by atoms with van der Waals surface area (Å²) in [5.74, 6) is -0.270. The molecule has 1 aliphatic heterocycles. The molecule has 110 valence electrons. The van der Waals surface area contributed by atoms with Gasteiger partial charge >= 0.3 is 0 Å². The van der Waals surface area contributed by atoms with E-state index in [1.165, 1.54) is 4.90 Å². The monoisotopic (exact) mass is 344 g/mol. The Hall–Kier alpha value is -1.34. The Morgan fingerprint density at radius 1 is 1.50 bits per heavy atom. The summed E-state index contributed by atoms with van der Waals surface area (Å²) < 4.78 is 11.1. The Kier molecular flexibility index (Phi) is 5.19. The predicted molar refractivity (Wildman–Crippen MR) is 75.4 cm³/mol. The number of nitrogens with zero attached hydrogens (tertiary/aromatic N) is 1. The Balaban J connectivity index is 2.10. The van der Waals surface area contributed by atoms with E-state index >= 15 is 0 Å². The van der Waals surface area contributed by atoms with Gasteiger partial charge in [0, 0.05) is 13.1 Å². The van der Waals surface area contributed by atoms with Crippen molar-refractivity contribution in [3.05, 3.63) is 22.6 Å². The average Bonchev–Trinajstić information content (AvgIpc) is 2.90. The maximum Gasteiger partial charge on any atom is 0.290 e. The van der Waals surface area contributed by atoms with Crippen molar-refractivity contribution < 1.29 is 18.7 Å². The van der Waals surface area contributed by atoms with E-state index in [2.05, 4.69) is 21.2 Å². The molecule has 1 unspecified atom stereocenters. The molecule has 0 aromatic carbocycles. The van der Waals surface area contributed by atoms with Gasteiger partial charge in [-0.05, 0) is 34.5 Å². The summed E-state index contributed by atoms with van der Waals surface area (Å²) in [6.45, 7) is 3.57. The lowest BCUT2D eigenvalue weighted by molar-refractivity contribution is -0.130. The molecule has 2 amide bonds. The molecule has 1 aromatic rings. The lowest BCUT2D eigenvalue weighted by atomic mass is 10.2. The van der Waals surface area contributed by atoms with E-state index in [0.29, 0.717) is 24.4 Å². The minimum Gasteiger partial charge on any atom is -0.444 e. The van der Waals surface area contributed by atoms with Gasteiger partial charge in [-0.2, -0.15) is 0 Å². The summed E-state index contributed by atoms with van der Waals surface area (Å²) >= 11 is 3.16. The Bertz CT molecular complexity index is 488. The fourth-order valence-electron chi connectivity index (χ4n) is 2.00. The highest BCUT2D eigenvalue weighted by Gasteiger charge is 2.34. The van der Waals surface area contributed by atoms with Crippen molar-refractivity contribution in [3.8, 4) is 0 Å². The summed E-state index contributed by atoms with van der Waals surface area (Å²) in [4.78, 5) is 26.0. The van der Waals surface area contributed by atoms with Crippen LogP contribution in [0.1, 0.15) is 23.9 Å². The van der Waals surface area contributed by atoms with Crippen LogP contribution < -0.4 is 5.32 Å². The van der Waals surface area contributed by atoms with Crippen LogP contribution in [0.25, 0.3) is 0 Å². The molecule has 1 fully saturated rings. The van der Waals surface area contributed by atoms with Crippen LogP contribution in [0.2, 0.25) is 0 Å². The molecule has 0 radical (unpaired) electrons. The maximum absolute atomic E-state index is 12.4. The standard InChI is InChI=1S/C13H17BrN2O4/c1-2-5-15-12(17)9-8-19-7-6-16(9)13(18)10-3-4-11(14)20-10/h3-4,9H,2,5-8H2,1H3,(H,15,17). The lowest BCUT2D eigenvalue weighted by Gasteiger charge is -2.33.